The van der Waals surface area contributed by atoms with E-state index in [1.807, 2.05) is 13.0 Å². The lowest BCUT2D eigenvalue weighted by atomic mass is 10.1. The molecule has 98 valence electrons. The molecule has 1 aromatic carbocycles. The molecule has 0 atom stereocenters. The summed E-state index contributed by atoms with van der Waals surface area (Å²) in [5.74, 6) is 0. The van der Waals surface area contributed by atoms with Crippen molar-refractivity contribution in [3.8, 4) is 0 Å². The molecule has 0 aliphatic carbocycles. The molecule has 0 fully saturated rings. The monoisotopic (exact) mass is 294 g/mol. The lowest BCUT2D eigenvalue weighted by Crippen LogP contribution is -1.97. The van der Waals surface area contributed by atoms with E-state index in [-0.39, 0.29) is 9.92 Å². The number of hydrogen-bond donors (Lipinski definition) is 1. The van der Waals surface area contributed by atoms with E-state index in [9.17, 15) is 8.42 Å². The van der Waals surface area contributed by atoms with Gasteiger partial charge in [0.15, 0.2) is 9.84 Å². The first kappa shape index (κ1) is 12.4. The normalized spacial score (nSPS) is 12.4. The van der Waals surface area contributed by atoms with Gasteiger partial charge in [-0.05, 0) is 30.7 Å². The Labute approximate surface area is 115 Å². The van der Waals surface area contributed by atoms with Crippen molar-refractivity contribution < 1.29 is 8.42 Å². The van der Waals surface area contributed by atoms with Gasteiger partial charge in [-0.2, -0.15) is 0 Å². The van der Waals surface area contributed by atoms with E-state index in [1.165, 1.54) is 0 Å². The summed E-state index contributed by atoms with van der Waals surface area (Å²) in [5, 5.41) is 2.05. The van der Waals surface area contributed by atoms with E-state index >= 15 is 0 Å². The van der Waals surface area contributed by atoms with Crippen LogP contribution in [0.4, 0.5) is 0 Å². The predicted molar refractivity (Wildman–Crippen MR) is 76.5 cm³/mol. The molecular formula is C13H11ClN2O2S. The van der Waals surface area contributed by atoms with E-state index in [0.717, 1.165) is 33.8 Å². The number of benzene rings is 1. The minimum atomic E-state index is -3.34. The van der Waals surface area contributed by atoms with Crippen LogP contribution in [0.15, 0.2) is 29.3 Å². The van der Waals surface area contributed by atoms with Crippen LogP contribution in [0.1, 0.15) is 5.56 Å². The van der Waals surface area contributed by atoms with Gasteiger partial charge in [0, 0.05) is 28.7 Å². The summed E-state index contributed by atoms with van der Waals surface area (Å²) in [4.78, 5) is 7.53. The molecule has 3 aromatic rings. The second kappa shape index (κ2) is 3.95. The Balaban J connectivity index is 2.47. The largest absolute Gasteiger partial charge is 0.339 e. The Hall–Kier alpha value is -1.59. The molecule has 0 spiro atoms. The molecule has 0 bridgehead atoms. The van der Waals surface area contributed by atoms with Crippen molar-refractivity contribution in [2.45, 2.75) is 11.8 Å². The Morgan fingerprint density at radius 2 is 1.95 bits per heavy atom. The molecule has 2 heterocycles. The van der Waals surface area contributed by atoms with Gasteiger partial charge in [0.25, 0.3) is 0 Å². The van der Waals surface area contributed by atoms with Gasteiger partial charge < -0.3 is 4.98 Å². The molecule has 1 N–H and O–H groups in total. The fraction of sp³-hybridized carbons (Fsp3) is 0.154. The summed E-state index contributed by atoms with van der Waals surface area (Å²) in [6.07, 6.45) is 2.90. The van der Waals surface area contributed by atoms with Gasteiger partial charge in [-0.25, -0.2) is 13.4 Å². The summed E-state index contributed by atoms with van der Waals surface area (Å²) >= 11 is 6.07. The van der Waals surface area contributed by atoms with Crippen LogP contribution in [-0.4, -0.2) is 24.6 Å². The van der Waals surface area contributed by atoms with Gasteiger partial charge in [0.2, 0.25) is 0 Å². The number of nitrogens with one attached hydrogen (secondary N) is 1. The number of sulfone groups is 1. The highest BCUT2D eigenvalue weighted by Crippen LogP contribution is 2.31. The van der Waals surface area contributed by atoms with Crippen molar-refractivity contribution in [3.63, 3.8) is 0 Å². The van der Waals surface area contributed by atoms with Crippen LogP contribution in [0.3, 0.4) is 0 Å². The number of aromatic amines is 1. The van der Waals surface area contributed by atoms with Crippen molar-refractivity contribution in [1.29, 1.82) is 0 Å². The molecule has 3 rings (SSSR count). The zero-order valence-electron chi connectivity index (χ0n) is 10.4. The molecule has 0 saturated heterocycles. The maximum Gasteiger partial charge on any atom is 0.177 e. The number of aromatic nitrogens is 2. The van der Waals surface area contributed by atoms with Crippen molar-refractivity contribution in [3.05, 3.63) is 35.0 Å². The van der Waals surface area contributed by atoms with Crippen molar-refractivity contribution in [1.82, 2.24) is 9.97 Å². The van der Waals surface area contributed by atoms with Crippen LogP contribution in [0.2, 0.25) is 5.02 Å². The zero-order chi connectivity index (χ0) is 13.8. The first-order chi connectivity index (χ1) is 8.86. The maximum atomic E-state index is 11.7. The molecule has 0 radical (unpaired) electrons. The quantitative estimate of drug-likeness (QED) is 0.750. The molecule has 6 heteroatoms. The molecule has 0 unspecified atom stereocenters. The average molecular weight is 295 g/mol. The highest BCUT2D eigenvalue weighted by atomic mass is 35.5. The average Bonchev–Trinajstić information content (AvgIpc) is 2.64. The van der Waals surface area contributed by atoms with Gasteiger partial charge in [0.1, 0.15) is 5.65 Å². The van der Waals surface area contributed by atoms with Gasteiger partial charge in [-0.1, -0.05) is 11.6 Å². The van der Waals surface area contributed by atoms with Crippen LogP contribution in [0, 0.1) is 6.92 Å². The summed E-state index contributed by atoms with van der Waals surface area (Å²) in [6.45, 7) is 1.96. The third-order valence-corrected chi connectivity index (χ3v) is 4.60. The topological polar surface area (TPSA) is 62.8 Å². The lowest BCUT2D eigenvalue weighted by Gasteiger charge is -2.02. The number of halogens is 1. The number of hydrogen-bond acceptors (Lipinski definition) is 3. The smallest absolute Gasteiger partial charge is 0.177 e. The van der Waals surface area contributed by atoms with Crippen molar-refractivity contribution >= 4 is 43.4 Å². The first-order valence-corrected chi connectivity index (χ1v) is 7.91. The highest BCUT2D eigenvalue weighted by molar-refractivity contribution is 7.90. The number of fused-ring (bicyclic) bond motifs is 3. The first-order valence-electron chi connectivity index (χ1n) is 5.64. The van der Waals surface area contributed by atoms with Gasteiger partial charge in [-0.3, -0.25) is 0 Å². The second-order valence-corrected chi connectivity index (χ2v) is 7.03. The van der Waals surface area contributed by atoms with Gasteiger partial charge in [-0.15, -0.1) is 0 Å². The Kier molecular flexibility index (Phi) is 2.59. The van der Waals surface area contributed by atoms with Gasteiger partial charge in [0.05, 0.1) is 9.92 Å². The van der Waals surface area contributed by atoms with E-state index < -0.39 is 9.84 Å². The third-order valence-electron chi connectivity index (χ3n) is 3.04. The zero-order valence-corrected chi connectivity index (χ0v) is 11.9. The number of H-pyrrole nitrogens is 1. The minimum Gasteiger partial charge on any atom is -0.339 e. The summed E-state index contributed by atoms with van der Waals surface area (Å²) in [5.41, 5.74) is 2.48. The molecule has 19 heavy (non-hydrogen) atoms. The van der Waals surface area contributed by atoms with Crippen LogP contribution >= 0.6 is 11.6 Å². The molecule has 4 nitrogen and oxygen atoms in total. The molecule has 2 aromatic heterocycles. The number of aryl methyl sites for hydroxylation is 1. The number of nitrogens with zero attached hydrogens (tertiary/aromatic N) is 1. The van der Waals surface area contributed by atoms with Crippen molar-refractivity contribution in [2.75, 3.05) is 6.26 Å². The molecule has 0 aliphatic rings. The van der Waals surface area contributed by atoms with Crippen LogP contribution < -0.4 is 0 Å². The summed E-state index contributed by atoms with van der Waals surface area (Å²) in [7, 11) is -3.34. The van der Waals surface area contributed by atoms with Crippen LogP contribution in [-0.2, 0) is 9.84 Å². The summed E-state index contributed by atoms with van der Waals surface area (Å²) in [6, 6.07) is 5.23. The van der Waals surface area contributed by atoms with E-state index in [4.69, 9.17) is 11.6 Å². The third kappa shape index (κ3) is 1.99. The Bertz CT molecular complexity index is 913. The van der Waals surface area contributed by atoms with Gasteiger partial charge >= 0.3 is 0 Å². The summed E-state index contributed by atoms with van der Waals surface area (Å²) < 4.78 is 23.3. The van der Waals surface area contributed by atoms with E-state index in [0.29, 0.717) is 0 Å². The molecule has 0 saturated carbocycles. The SMILES string of the molecule is Cc1cnc2[nH]c3cc(S(C)(=O)=O)c(Cl)cc3c2c1. The minimum absolute atomic E-state index is 0.130. The highest BCUT2D eigenvalue weighted by Gasteiger charge is 2.16. The van der Waals surface area contributed by atoms with E-state index in [2.05, 4.69) is 9.97 Å². The van der Waals surface area contributed by atoms with Crippen molar-refractivity contribution in [2.24, 2.45) is 0 Å². The van der Waals surface area contributed by atoms with Crippen LogP contribution in [0.25, 0.3) is 21.9 Å². The molecule has 0 amide bonds. The standard InChI is InChI=1S/C13H11ClN2O2S/c1-7-3-9-8-4-10(14)12(19(2,17)18)5-11(8)16-13(9)15-6-7/h3-6H,1-2H3,(H,15,16). The lowest BCUT2D eigenvalue weighted by molar-refractivity contribution is 0.602. The van der Waals surface area contributed by atoms with E-state index in [1.54, 1.807) is 18.3 Å². The Morgan fingerprint density at radius 3 is 2.63 bits per heavy atom. The maximum absolute atomic E-state index is 11.7. The fourth-order valence-corrected chi connectivity index (χ4v) is 3.49. The molecule has 0 aliphatic heterocycles. The van der Waals surface area contributed by atoms with Crippen LogP contribution in [0.5, 0.6) is 0 Å². The fourth-order valence-electron chi connectivity index (χ4n) is 2.17. The number of pyridine rings is 1. The Morgan fingerprint density at radius 1 is 1.21 bits per heavy atom. The molecular weight excluding hydrogens is 284 g/mol. The predicted octanol–water partition coefficient (Wildman–Crippen LogP) is 3.08. The second-order valence-electron chi connectivity index (χ2n) is 4.63. The number of rotatable bonds is 1.